The van der Waals surface area contributed by atoms with Crippen LogP contribution in [-0.4, -0.2) is 57.9 Å². The number of hydrogen-bond donors (Lipinski definition) is 2. The highest BCUT2D eigenvalue weighted by atomic mass is 16.6. The standard InChI is InChI=1S/C21H30N2O6/c1-20(2,3)29-19(28)22-11-14-8-6-7-9-15(14)23(12-21(4,5)13-24)18(27)16(22)10-17(25)26/h6-9,16,24H,10-13H2,1-5H3,(H,25,26). The molecule has 0 spiro atoms. The molecule has 0 bridgehead atoms. The molecule has 0 aromatic heterocycles. The number of amides is 2. The van der Waals surface area contributed by atoms with Crippen molar-refractivity contribution >= 4 is 23.7 Å². The van der Waals surface area contributed by atoms with Gasteiger partial charge in [0, 0.05) is 24.3 Å². The number of ether oxygens (including phenoxy) is 1. The van der Waals surface area contributed by atoms with Gasteiger partial charge in [0.2, 0.25) is 0 Å². The Balaban J connectivity index is 2.55. The fourth-order valence-corrected chi connectivity index (χ4v) is 3.15. The van der Waals surface area contributed by atoms with Crippen LogP contribution < -0.4 is 4.90 Å². The maximum absolute atomic E-state index is 13.4. The third kappa shape index (κ3) is 5.69. The van der Waals surface area contributed by atoms with Crippen LogP contribution in [0.2, 0.25) is 0 Å². The number of benzene rings is 1. The molecular weight excluding hydrogens is 376 g/mol. The second-order valence-corrected chi connectivity index (χ2v) is 9.10. The zero-order chi connectivity index (χ0) is 22.0. The molecule has 0 saturated heterocycles. The van der Waals surface area contributed by atoms with Gasteiger partial charge in [-0.15, -0.1) is 0 Å². The first-order valence-corrected chi connectivity index (χ1v) is 9.56. The van der Waals surface area contributed by atoms with E-state index in [2.05, 4.69) is 0 Å². The van der Waals surface area contributed by atoms with Gasteiger partial charge in [-0.05, 0) is 32.4 Å². The Bertz CT molecular complexity index is 784. The summed E-state index contributed by atoms with van der Waals surface area (Å²) < 4.78 is 5.45. The molecule has 160 valence electrons. The third-order valence-corrected chi connectivity index (χ3v) is 4.56. The Morgan fingerprint density at radius 3 is 2.34 bits per heavy atom. The lowest BCUT2D eigenvalue weighted by Gasteiger charge is -2.34. The molecule has 1 aliphatic rings. The van der Waals surface area contributed by atoms with Crippen molar-refractivity contribution in [1.82, 2.24) is 4.90 Å². The van der Waals surface area contributed by atoms with E-state index in [0.29, 0.717) is 11.3 Å². The number of anilines is 1. The van der Waals surface area contributed by atoms with Crippen molar-refractivity contribution < 1.29 is 29.3 Å². The second kappa shape index (κ2) is 8.41. The van der Waals surface area contributed by atoms with E-state index in [0.717, 1.165) is 0 Å². The number of nitrogens with zero attached hydrogens (tertiary/aromatic N) is 2. The van der Waals surface area contributed by atoms with E-state index < -0.39 is 41.4 Å². The molecule has 8 heteroatoms. The van der Waals surface area contributed by atoms with Crippen LogP contribution in [0.3, 0.4) is 0 Å². The smallest absolute Gasteiger partial charge is 0.411 e. The van der Waals surface area contributed by atoms with Gasteiger partial charge in [-0.1, -0.05) is 32.0 Å². The monoisotopic (exact) mass is 406 g/mol. The van der Waals surface area contributed by atoms with E-state index in [1.807, 2.05) is 13.8 Å². The minimum Gasteiger partial charge on any atom is -0.481 e. The van der Waals surface area contributed by atoms with Crippen LogP contribution in [-0.2, 0) is 20.9 Å². The van der Waals surface area contributed by atoms with Crippen molar-refractivity contribution in [3.05, 3.63) is 29.8 Å². The average molecular weight is 406 g/mol. The molecule has 2 N–H and O–H groups in total. The average Bonchev–Trinajstić information content (AvgIpc) is 2.70. The SMILES string of the molecule is CC(C)(CO)CN1C(=O)C(CC(=O)O)N(C(=O)OC(C)(C)C)Cc2ccccc21. The van der Waals surface area contributed by atoms with Gasteiger partial charge in [0.15, 0.2) is 0 Å². The molecule has 1 aliphatic heterocycles. The van der Waals surface area contributed by atoms with Crippen molar-refractivity contribution in [2.75, 3.05) is 18.1 Å². The van der Waals surface area contributed by atoms with E-state index in [1.165, 1.54) is 9.80 Å². The highest BCUT2D eigenvalue weighted by Crippen LogP contribution is 2.32. The summed E-state index contributed by atoms with van der Waals surface area (Å²) in [5.41, 5.74) is -0.107. The van der Waals surface area contributed by atoms with Crippen molar-refractivity contribution in [3.63, 3.8) is 0 Å². The number of carboxylic acid groups (broad SMARTS) is 1. The number of carbonyl (C=O) groups excluding carboxylic acids is 2. The predicted octanol–water partition coefficient (Wildman–Crippen LogP) is 2.63. The van der Waals surface area contributed by atoms with Gasteiger partial charge < -0.3 is 19.8 Å². The van der Waals surface area contributed by atoms with E-state index in [1.54, 1.807) is 45.0 Å². The highest BCUT2D eigenvalue weighted by molar-refractivity contribution is 6.02. The minimum atomic E-state index is -1.22. The number of fused-ring (bicyclic) bond motifs is 1. The Hall–Kier alpha value is -2.61. The van der Waals surface area contributed by atoms with Crippen LogP contribution in [0.25, 0.3) is 0 Å². The lowest BCUT2D eigenvalue weighted by atomic mass is 9.93. The number of carbonyl (C=O) groups is 3. The number of aliphatic hydroxyl groups excluding tert-OH is 1. The zero-order valence-electron chi connectivity index (χ0n) is 17.6. The number of aliphatic carboxylic acids is 1. The summed E-state index contributed by atoms with van der Waals surface area (Å²) >= 11 is 0. The minimum absolute atomic E-state index is 0.0465. The van der Waals surface area contributed by atoms with E-state index >= 15 is 0 Å². The summed E-state index contributed by atoms with van der Waals surface area (Å²) in [7, 11) is 0. The van der Waals surface area contributed by atoms with Crippen LogP contribution in [0.5, 0.6) is 0 Å². The van der Waals surface area contributed by atoms with Gasteiger partial charge in [0.1, 0.15) is 11.6 Å². The summed E-state index contributed by atoms with van der Waals surface area (Å²) in [6, 6.07) is 5.91. The normalized spacial score (nSPS) is 17.6. The fraction of sp³-hybridized carbons (Fsp3) is 0.571. The topological polar surface area (TPSA) is 107 Å². The Morgan fingerprint density at radius 2 is 1.79 bits per heavy atom. The first kappa shape index (κ1) is 22.7. The Morgan fingerprint density at radius 1 is 1.17 bits per heavy atom. The molecule has 0 saturated carbocycles. The molecule has 0 radical (unpaired) electrons. The molecule has 1 aromatic rings. The van der Waals surface area contributed by atoms with Crippen molar-refractivity contribution in [1.29, 1.82) is 0 Å². The first-order chi connectivity index (χ1) is 13.3. The van der Waals surface area contributed by atoms with Crippen LogP contribution in [0, 0.1) is 5.41 Å². The quantitative estimate of drug-likeness (QED) is 0.778. The molecule has 2 amide bonds. The first-order valence-electron chi connectivity index (χ1n) is 9.56. The van der Waals surface area contributed by atoms with Gasteiger partial charge in [0.25, 0.3) is 5.91 Å². The van der Waals surface area contributed by atoms with Crippen molar-refractivity contribution in [2.24, 2.45) is 5.41 Å². The van der Waals surface area contributed by atoms with E-state index in [-0.39, 0.29) is 19.7 Å². The lowest BCUT2D eigenvalue weighted by Crippen LogP contribution is -2.52. The zero-order valence-corrected chi connectivity index (χ0v) is 17.6. The number of hydrogen-bond acceptors (Lipinski definition) is 5. The second-order valence-electron chi connectivity index (χ2n) is 9.10. The van der Waals surface area contributed by atoms with Crippen LogP contribution in [0.1, 0.15) is 46.6 Å². The summed E-state index contributed by atoms with van der Waals surface area (Å²) in [5, 5.41) is 19.1. The summed E-state index contributed by atoms with van der Waals surface area (Å²) in [5.74, 6) is -1.70. The summed E-state index contributed by atoms with van der Waals surface area (Å²) in [6.45, 7) is 8.82. The molecule has 0 aliphatic carbocycles. The summed E-state index contributed by atoms with van der Waals surface area (Å²) in [4.78, 5) is 40.5. The number of carboxylic acids is 1. The Labute approximate surface area is 171 Å². The van der Waals surface area contributed by atoms with Crippen LogP contribution >= 0.6 is 0 Å². The van der Waals surface area contributed by atoms with Crippen molar-refractivity contribution in [3.8, 4) is 0 Å². The largest absolute Gasteiger partial charge is 0.481 e. The maximum Gasteiger partial charge on any atom is 0.411 e. The number of aliphatic hydroxyl groups is 1. The molecule has 2 rings (SSSR count). The van der Waals surface area contributed by atoms with Gasteiger partial charge in [0.05, 0.1) is 13.0 Å². The molecular formula is C21H30N2O6. The maximum atomic E-state index is 13.4. The van der Waals surface area contributed by atoms with Gasteiger partial charge in [-0.25, -0.2) is 4.79 Å². The molecule has 8 nitrogen and oxygen atoms in total. The molecule has 29 heavy (non-hydrogen) atoms. The fourth-order valence-electron chi connectivity index (χ4n) is 3.15. The molecule has 1 atom stereocenters. The van der Waals surface area contributed by atoms with Gasteiger partial charge >= 0.3 is 12.1 Å². The number of para-hydroxylation sites is 1. The molecule has 1 unspecified atom stereocenters. The van der Waals surface area contributed by atoms with Crippen LogP contribution in [0.15, 0.2) is 24.3 Å². The highest BCUT2D eigenvalue weighted by Gasteiger charge is 2.41. The molecule has 1 heterocycles. The van der Waals surface area contributed by atoms with E-state index in [9.17, 15) is 24.6 Å². The van der Waals surface area contributed by atoms with Gasteiger partial charge in [-0.2, -0.15) is 0 Å². The van der Waals surface area contributed by atoms with E-state index in [4.69, 9.17) is 4.74 Å². The lowest BCUT2D eigenvalue weighted by molar-refractivity contribution is -0.141. The van der Waals surface area contributed by atoms with Gasteiger partial charge in [-0.3, -0.25) is 14.5 Å². The summed E-state index contributed by atoms with van der Waals surface area (Å²) in [6.07, 6.45) is -1.28. The Kier molecular flexibility index (Phi) is 6.57. The van der Waals surface area contributed by atoms with Crippen molar-refractivity contribution in [2.45, 2.75) is 59.2 Å². The van der Waals surface area contributed by atoms with Crippen LogP contribution in [0.4, 0.5) is 10.5 Å². The predicted molar refractivity (Wildman–Crippen MR) is 107 cm³/mol. The molecule has 1 aromatic carbocycles. The number of rotatable bonds is 5. The third-order valence-electron chi connectivity index (χ3n) is 4.56. The molecule has 0 fully saturated rings.